The van der Waals surface area contributed by atoms with Crippen LogP contribution in [0.2, 0.25) is 0 Å². The van der Waals surface area contributed by atoms with E-state index >= 15 is 0 Å². The lowest BCUT2D eigenvalue weighted by atomic mass is 9.41. The topological polar surface area (TPSA) is 296 Å². The number of carbonyl (C=O) groups is 2. The van der Waals surface area contributed by atoms with E-state index in [0.29, 0.717) is 44.9 Å². The van der Waals surface area contributed by atoms with Gasteiger partial charge in [0, 0.05) is 58.5 Å². The van der Waals surface area contributed by atoms with Crippen LogP contribution in [0.5, 0.6) is 0 Å². The Labute approximate surface area is 474 Å². The first-order valence-electron chi connectivity index (χ1n) is 29.2. The van der Waals surface area contributed by atoms with Crippen molar-refractivity contribution in [3.63, 3.8) is 0 Å². The molecule has 458 valence electrons. The zero-order valence-corrected chi connectivity index (χ0v) is 48.4. The van der Waals surface area contributed by atoms with Gasteiger partial charge in [0.2, 0.25) is 0 Å². The fourth-order valence-electron chi connectivity index (χ4n) is 16.0. The normalized spacial score (nSPS) is 48.6. The number of hydrogen-bond acceptors (Lipinski definition) is 22. The van der Waals surface area contributed by atoms with Crippen LogP contribution < -0.4 is 0 Å². The van der Waals surface area contributed by atoms with Crippen molar-refractivity contribution in [3.05, 3.63) is 42.0 Å². The third-order valence-electron chi connectivity index (χ3n) is 20.2. The van der Waals surface area contributed by atoms with Crippen molar-refractivity contribution in [1.29, 1.82) is 0 Å². The molecule has 22 heteroatoms. The van der Waals surface area contributed by atoms with Crippen LogP contribution in [0.25, 0.3) is 6.08 Å². The van der Waals surface area contributed by atoms with Gasteiger partial charge >= 0.3 is 11.9 Å². The minimum atomic E-state index is -1.68. The van der Waals surface area contributed by atoms with Crippen LogP contribution >= 0.6 is 0 Å². The van der Waals surface area contributed by atoms with Gasteiger partial charge in [-0.2, -0.15) is 0 Å². The molecule has 0 radical (unpaired) electrons. The predicted octanol–water partition coefficient (Wildman–Crippen LogP) is 2.68. The van der Waals surface area contributed by atoms with Gasteiger partial charge < -0.3 is 97.3 Å². The number of carbonyl (C=O) groups excluding carboxylic acids is 2. The van der Waals surface area contributed by atoms with Crippen LogP contribution in [0, 0.1) is 34.5 Å². The smallest absolute Gasteiger partial charge is 0.331 e. The Kier molecular flexibility index (Phi) is 19.8. The van der Waals surface area contributed by atoms with Crippen molar-refractivity contribution in [1.82, 2.24) is 0 Å². The summed E-state index contributed by atoms with van der Waals surface area (Å²) in [5.41, 5.74) is -2.05. The molecule has 7 N–H and O–H groups in total. The van der Waals surface area contributed by atoms with E-state index in [4.69, 9.17) is 61.6 Å². The maximum Gasteiger partial charge on any atom is 0.331 e. The molecule has 0 unspecified atom stereocenters. The Bertz CT molecular complexity index is 2270. The van der Waals surface area contributed by atoms with Crippen molar-refractivity contribution in [2.24, 2.45) is 34.5 Å². The monoisotopic (exact) mass is 1150 g/mol. The van der Waals surface area contributed by atoms with Crippen LogP contribution in [0.1, 0.15) is 112 Å². The number of methoxy groups -OCH3 is 3. The minimum Gasteiger partial charge on any atom is -0.458 e. The molecule has 4 aliphatic heterocycles. The van der Waals surface area contributed by atoms with E-state index in [0.717, 1.165) is 12.0 Å². The van der Waals surface area contributed by atoms with Crippen LogP contribution in [0.4, 0.5) is 0 Å². The Morgan fingerprint density at radius 2 is 1.31 bits per heavy atom. The molecular formula is C59H90O22. The second-order valence-electron chi connectivity index (χ2n) is 24.7. The summed E-state index contributed by atoms with van der Waals surface area (Å²) in [6.45, 7) is 11.9. The molecule has 22 nitrogen and oxygen atoms in total. The van der Waals surface area contributed by atoms with E-state index < -0.39 is 170 Å². The number of ether oxygens (including phenoxy) is 13. The fourth-order valence-corrected chi connectivity index (χ4v) is 16.0. The lowest BCUT2D eigenvalue weighted by Crippen LogP contribution is -2.73. The molecule has 0 spiro atoms. The molecule has 8 fully saturated rings. The van der Waals surface area contributed by atoms with Gasteiger partial charge in [-0.3, -0.25) is 4.79 Å². The molecule has 0 aromatic heterocycles. The number of fused-ring (bicyclic) bond motifs is 5. The molecule has 9 rings (SSSR count). The molecular weight excluding hydrogens is 1060 g/mol. The predicted molar refractivity (Wildman–Crippen MR) is 284 cm³/mol. The zero-order chi connectivity index (χ0) is 58.5. The van der Waals surface area contributed by atoms with Crippen LogP contribution in [0.15, 0.2) is 36.4 Å². The maximum absolute atomic E-state index is 14.0. The summed E-state index contributed by atoms with van der Waals surface area (Å²) in [6.07, 6.45) is -13.0. The maximum atomic E-state index is 14.0. The molecule has 0 bridgehead atoms. The van der Waals surface area contributed by atoms with Crippen molar-refractivity contribution in [2.75, 3.05) is 27.9 Å². The summed E-state index contributed by atoms with van der Waals surface area (Å²) in [4.78, 5) is 27.1. The van der Waals surface area contributed by atoms with E-state index in [-0.39, 0.29) is 30.3 Å². The number of benzene rings is 1. The number of esters is 2. The Morgan fingerprint density at radius 3 is 1.93 bits per heavy atom. The molecule has 1 aromatic carbocycles. The van der Waals surface area contributed by atoms with Gasteiger partial charge in [-0.1, -0.05) is 44.2 Å². The van der Waals surface area contributed by atoms with Crippen molar-refractivity contribution < 1.29 is 107 Å². The highest BCUT2D eigenvalue weighted by molar-refractivity contribution is 5.87. The first-order valence-corrected chi connectivity index (χ1v) is 29.2. The molecule has 4 aliphatic carbocycles. The molecule has 29 atom stereocenters. The molecule has 8 aliphatic rings. The van der Waals surface area contributed by atoms with Gasteiger partial charge in [0.15, 0.2) is 25.2 Å². The van der Waals surface area contributed by atoms with Crippen LogP contribution in [0.3, 0.4) is 0 Å². The molecule has 4 saturated carbocycles. The number of rotatable bonds is 17. The molecule has 1 aromatic rings. The number of aliphatic hydroxyl groups excluding tert-OH is 6. The van der Waals surface area contributed by atoms with E-state index in [1.54, 1.807) is 41.1 Å². The highest BCUT2D eigenvalue weighted by atomic mass is 16.8. The lowest BCUT2D eigenvalue weighted by molar-refractivity contribution is -0.373. The average Bonchev–Trinajstić information content (AvgIpc) is 2.77. The van der Waals surface area contributed by atoms with Crippen LogP contribution in [-0.2, 0) is 71.2 Å². The standard InChI is InChI=1S/C59H90O22/c1-28(61)36-21-23-59(68)37-18-17-34-24-35(20-22-57(34,6)44(37)52(54(58(36,59)7)75-32(5)62)78-41(63)19-16-33-14-12-11-13-15-33)76-42-25-38(69-8)49(29(2)72-42)79-43-26-39(70-9)50(30(3)73-43)80-56-48(67)53(71-10)51(31(4)74-56)81-55-47(66)46(65)45(64)40(27-60)77-55/h11-16,19,28-31,34-40,42-56,60-61,64-68H,17-18,20-27H2,1-10H3/b19-16+/t28-,29+,30+,31+,34-,35-,36+,37+,38-,39+,40+,42-,43-,44+,45+,46-,47+,48+,49+,50+,51+,52-,53-,54+,55-,56-,57-,58-,59-/m0/s1. The Hall–Kier alpha value is -2.82. The van der Waals surface area contributed by atoms with Crippen LogP contribution in [-0.4, -0.2) is 216 Å². The second-order valence-corrected chi connectivity index (χ2v) is 24.7. The molecule has 4 heterocycles. The van der Waals surface area contributed by atoms with E-state index in [1.165, 1.54) is 20.1 Å². The molecule has 4 saturated heterocycles. The van der Waals surface area contributed by atoms with Crippen molar-refractivity contribution >= 4 is 18.0 Å². The first kappa shape index (κ1) is 62.7. The quantitative estimate of drug-likeness (QED) is 0.0670. The summed E-state index contributed by atoms with van der Waals surface area (Å²) in [5.74, 6) is -2.14. The highest BCUT2D eigenvalue weighted by Gasteiger charge is 2.76. The minimum absolute atomic E-state index is 0.0921. The summed E-state index contributed by atoms with van der Waals surface area (Å²) >= 11 is 0. The van der Waals surface area contributed by atoms with Gasteiger partial charge in [-0.05, 0) is 107 Å². The summed E-state index contributed by atoms with van der Waals surface area (Å²) < 4.78 is 81.2. The lowest BCUT2D eigenvalue weighted by Gasteiger charge is -2.67. The number of aliphatic hydroxyl groups is 7. The first-order chi connectivity index (χ1) is 38.5. The Balaban J connectivity index is 0.830. The van der Waals surface area contributed by atoms with Crippen molar-refractivity contribution in [3.8, 4) is 0 Å². The zero-order valence-electron chi connectivity index (χ0n) is 48.4. The van der Waals surface area contributed by atoms with E-state index in [9.17, 15) is 45.3 Å². The average molecular weight is 1150 g/mol. The Morgan fingerprint density at radius 1 is 0.691 bits per heavy atom. The van der Waals surface area contributed by atoms with Gasteiger partial charge in [-0.25, -0.2) is 4.79 Å². The van der Waals surface area contributed by atoms with Gasteiger partial charge in [0.25, 0.3) is 0 Å². The van der Waals surface area contributed by atoms with E-state index in [2.05, 4.69) is 6.92 Å². The van der Waals surface area contributed by atoms with Gasteiger partial charge in [0.1, 0.15) is 67.1 Å². The van der Waals surface area contributed by atoms with Gasteiger partial charge in [0.05, 0.1) is 54.9 Å². The van der Waals surface area contributed by atoms with E-state index in [1.807, 2.05) is 44.2 Å². The summed E-state index contributed by atoms with van der Waals surface area (Å²) in [7, 11) is 4.53. The highest BCUT2D eigenvalue weighted by Crippen LogP contribution is 2.70. The largest absolute Gasteiger partial charge is 0.458 e. The second kappa shape index (κ2) is 25.6. The fraction of sp³-hybridized carbons (Fsp3) is 0.831. The van der Waals surface area contributed by atoms with Gasteiger partial charge in [-0.15, -0.1) is 0 Å². The summed E-state index contributed by atoms with van der Waals surface area (Å²) in [6, 6.07) is 9.44. The third-order valence-corrected chi connectivity index (χ3v) is 20.2. The molecule has 0 amide bonds. The number of hydrogen-bond donors (Lipinski definition) is 7. The SMILES string of the molecule is CO[C@H]1[C@@H](O)[C@H](O[C@@H]2[C@@H](C)O[C@@H](O[C@H]3[C@@H](OC)C[C@H](O[C@H]4CC[C@@]5(C)[C@@H](CC[C@@H]6[C@@H]5[C@H](OC(=O)/C=C/c5ccccc5)[C@@H](OC(C)=O)[C@]5(C)[C@@H]([C@H](C)O)CC[C@]65O)C4)O[C@@H]3C)C[C@H]2OC)O[C@H](C)[C@H]1O[C@@H]1O[C@H](CO)[C@@H](O)[C@H](O)[C@H]1O. The molecule has 81 heavy (non-hydrogen) atoms. The van der Waals surface area contributed by atoms with Crippen molar-refractivity contribution in [2.45, 2.75) is 247 Å². The summed E-state index contributed by atoms with van der Waals surface area (Å²) in [5, 5.41) is 76.9. The third kappa shape index (κ3) is 12.1.